The van der Waals surface area contributed by atoms with Crippen molar-refractivity contribution in [1.29, 1.82) is 0 Å². The molecule has 9 nitrogen and oxygen atoms in total. The standard InChI is InChI=1S/C17H17BrN6O3/c1-12-16(24(26)27)11-22(21-12)7-6-17(25)20-15-8-19-23(10-15)9-13-2-4-14(18)5-3-13/h2-5,8,10-11H,6-7,9H2,1H3,(H,20,25). The Morgan fingerprint density at radius 2 is 2.00 bits per heavy atom. The maximum Gasteiger partial charge on any atom is 0.309 e. The lowest BCUT2D eigenvalue weighted by Gasteiger charge is -2.03. The van der Waals surface area contributed by atoms with Crippen LogP contribution in [0.1, 0.15) is 17.7 Å². The Balaban J connectivity index is 1.52. The van der Waals surface area contributed by atoms with Crippen LogP contribution in [0.15, 0.2) is 47.3 Å². The Kier molecular flexibility index (Phi) is 5.65. The minimum Gasteiger partial charge on any atom is -0.323 e. The van der Waals surface area contributed by atoms with Crippen LogP contribution >= 0.6 is 15.9 Å². The lowest BCUT2D eigenvalue weighted by molar-refractivity contribution is -0.385. The highest BCUT2D eigenvalue weighted by Gasteiger charge is 2.15. The van der Waals surface area contributed by atoms with E-state index in [2.05, 4.69) is 31.4 Å². The summed E-state index contributed by atoms with van der Waals surface area (Å²) in [5, 5.41) is 21.9. The minimum atomic E-state index is -0.487. The summed E-state index contributed by atoms with van der Waals surface area (Å²) in [5.41, 5.74) is 1.97. The van der Waals surface area contributed by atoms with E-state index in [0.717, 1.165) is 10.0 Å². The molecule has 0 saturated heterocycles. The average molecular weight is 433 g/mol. The molecule has 2 aromatic heterocycles. The molecule has 10 heteroatoms. The van der Waals surface area contributed by atoms with Gasteiger partial charge in [0.2, 0.25) is 5.91 Å². The van der Waals surface area contributed by atoms with E-state index >= 15 is 0 Å². The summed E-state index contributed by atoms with van der Waals surface area (Å²) >= 11 is 3.40. The number of aromatic nitrogens is 4. The number of anilines is 1. The number of carbonyl (C=O) groups is 1. The molecule has 1 amide bonds. The molecule has 0 radical (unpaired) electrons. The first-order chi connectivity index (χ1) is 12.9. The zero-order valence-corrected chi connectivity index (χ0v) is 16.1. The summed E-state index contributed by atoms with van der Waals surface area (Å²) in [6, 6.07) is 7.91. The maximum absolute atomic E-state index is 12.1. The molecule has 140 valence electrons. The van der Waals surface area contributed by atoms with Crippen molar-refractivity contribution in [3.63, 3.8) is 0 Å². The van der Waals surface area contributed by atoms with E-state index < -0.39 is 4.92 Å². The summed E-state index contributed by atoms with van der Waals surface area (Å²) < 4.78 is 4.15. The Hall–Kier alpha value is -3.01. The van der Waals surface area contributed by atoms with Crippen LogP contribution in [0, 0.1) is 17.0 Å². The third-order valence-electron chi connectivity index (χ3n) is 3.86. The summed E-state index contributed by atoms with van der Waals surface area (Å²) in [6.45, 7) is 2.42. The molecule has 0 aliphatic rings. The van der Waals surface area contributed by atoms with Gasteiger partial charge in [0.25, 0.3) is 0 Å². The van der Waals surface area contributed by atoms with Gasteiger partial charge in [0.15, 0.2) is 0 Å². The van der Waals surface area contributed by atoms with Gasteiger partial charge in [-0.15, -0.1) is 0 Å². The highest BCUT2D eigenvalue weighted by Crippen LogP contribution is 2.16. The largest absolute Gasteiger partial charge is 0.323 e. The van der Waals surface area contributed by atoms with Crippen LogP contribution in [0.4, 0.5) is 11.4 Å². The van der Waals surface area contributed by atoms with Crippen molar-refractivity contribution < 1.29 is 9.72 Å². The molecular formula is C17H17BrN6O3. The molecular weight excluding hydrogens is 416 g/mol. The molecule has 3 rings (SSSR count). The van der Waals surface area contributed by atoms with Crippen LogP contribution in [0.3, 0.4) is 0 Å². The molecule has 3 aromatic rings. The molecule has 0 saturated carbocycles. The van der Waals surface area contributed by atoms with Crippen molar-refractivity contribution >= 4 is 33.2 Å². The Labute approximate surface area is 163 Å². The number of carbonyl (C=O) groups excluding carboxylic acids is 1. The first-order valence-corrected chi connectivity index (χ1v) is 8.95. The van der Waals surface area contributed by atoms with Gasteiger partial charge in [-0.25, -0.2) is 0 Å². The van der Waals surface area contributed by atoms with Crippen LogP contribution in [0.25, 0.3) is 0 Å². The van der Waals surface area contributed by atoms with Gasteiger partial charge in [-0.3, -0.25) is 24.3 Å². The van der Waals surface area contributed by atoms with Gasteiger partial charge >= 0.3 is 5.69 Å². The van der Waals surface area contributed by atoms with E-state index in [1.807, 2.05) is 24.3 Å². The number of amides is 1. The second kappa shape index (κ2) is 8.12. The number of hydrogen-bond acceptors (Lipinski definition) is 5. The highest BCUT2D eigenvalue weighted by molar-refractivity contribution is 9.10. The molecule has 27 heavy (non-hydrogen) atoms. The topological polar surface area (TPSA) is 108 Å². The van der Waals surface area contributed by atoms with Crippen LogP contribution in [0.2, 0.25) is 0 Å². The fourth-order valence-electron chi connectivity index (χ4n) is 2.53. The van der Waals surface area contributed by atoms with Crippen molar-refractivity contribution in [1.82, 2.24) is 19.6 Å². The summed E-state index contributed by atoms with van der Waals surface area (Å²) in [4.78, 5) is 22.4. The Morgan fingerprint density at radius 1 is 1.26 bits per heavy atom. The lowest BCUT2D eigenvalue weighted by atomic mass is 10.2. The van der Waals surface area contributed by atoms with Gasteiger partial charge < -0.3 is 5.32 Å². The molecule has 1 aromatic carbocycles. The number of benzene rings is 1. The molecule has 0 aliphatic heterocycles. The quantitative estimate of drug-likeness (QED) is 0.455. The number of rotatable bonds is 7. The molecule has 2 heterocycles. The Bertz CT molecular complexity index is 963. The second-order valence-corrected chi connectivity index (χ2v) is 6.89. The predicted octanol–water partition coefficient (Wildman–Crippen LogP) is 3.14. The normalized spacial score (nSPS) is 10.7. The second-order valence-electron chi connectivity index (χ2n) is 5.97. The van der Waals surface area contributed by atoms with Crippen LogP contribution < -0.4 is 5.32 Å². The van der Waals surface area contributed by atoms with E-state index in [1.165, 1.54) is 10.9 Å². The van der Waals surface area contributed by atoms with Gasteiger partial charge in [-0.2, -0.15) is 10.2 Å². The number of aryl methyl sites for hydroxylation is 2. The van der Waals surface area contributed by atoms with Crippen LogP contribution in [-0.2, 0) is 17.9 Å². The summed E-state index contributed by atoms with van der Waals surface area (Å²) in [7, 11) is 0. The van der Waals surface area contributed by atoms with Crippen molar-refractivity contribution in [2.24, 2.45) is 0 Å². The molecule has 0 bridgehead atoms. The molecule has 0 unspecified atom stereocenters. The molecule has 0 aliphatic carbocycles. The minimum absolute atomic E-state index is 0.0513. The molecule has 0 fully saturated rings. The average Bonchev–Trinajstić information content (AvgIpc) is 3.21. The predicted molar refractivity (Wildman–Crippen MR) is 102 cm³/mol. The van der Waals surface area contributed by atoms with Crippen LogP contribution in [0.5, 0.6) is 0 Å². The van der Waals surface area contributed by atoms with Crippen molar-refractivity contribution in [3.05, 3.63) is 68.7 Å². The van der Waals surface area contributed by atoms with E-state index in [-0.39, 0.29) is 24.6 Å². The molecule has 0 atom stereocenters. The molecule has 0 spiro atoms. The fourth-order valence-corrected chi connectivity index (χ4v) is 2.80. The highest BCUT2D eigenvalue weighted by atomic mass is 79.9. The fraction of sp³-hybridized carbons (Fsp3) is 0.235. The summed E-state index contributed by atoms with van der Waals surface area (Å²) in [6.07, 6.45) is 4.82. The number of hydrogen-bond donors (Lipinski definition) is 1. The van der Waals surface area contributed by atoms with Crippen molar-refractivity contribution in [3.8, 4) is 0 Å². The van der Waals surface area contributed by atoms with Gasteiger partial charge in [-0.1, -0.05) is 28.1 Å². The first kappa shape index (κ1) is 18.8. The molecule has 1 N–H and O–H groups in total. The summed E-state index contributed by atoms with van der Waals surface area (Å²) in [5.74, 6) is -0.214. The van der Waals surface area contributed by atoms with E-state index in [4.69, 9.17) is 0 Å². The number of nitrogens with one attached hydrogen (secondary N) is 1. The monoisotopic (exact) mass is 432 g/mol. The SMILES string of the molecule is Cc1nn(CCC(=O)Nc2cnn(Cc3ccc(Br)cc3)c2)cc1[N+](=O)[O-]. The van der Waals surface area contributed by atoms with Crippen LogP contribution in [-0.4, -0.2) is 30.4 Å². The maximum atomic E-state index is 12.1. The number of nitrogens with zero attached hydrogens (tertiary/aromatic N) is 5. The first-order valence-electron chi connectivity index (χ1n) is 8.16. The van der Waals surface area contributed by atoms with E-state index in [0.29, 0.717) is 17.9 Å². The smallest absolute Gasteiger partial charge is 0.309 e. The Morgan fingerprint density at radius 3 is 2.67 bits per heavy atom. The third-order valence-corrected chi connectivity index (χ3v) is 4.39. The zero-order chi connectivity index (χ0) is 19.4. The van der Waals surface area contributed by atoms with Crippen molar-refractivity contribution in [2.45, 2.75) is 26.4 Å². The van der Waals surface area contributed by atoms with Crippen molar-refractivity contribution in [2.75, 3.05) is 5.32 Å². The van der Waals surface area contributed by atoms with Gasteiger partial charge in [-0.05, 0) is 24.6 Å². The zero-order valence-electron chi connectivity index (χ0n) is 14.5. The van der Waals surface area contributed by atoms with E-state index in [9.17, 15) is 14.9 Å². The van der Waals surface area contributed by atoms with Gasteiger partial charge in [0.05, 0.1) is 23.4 Å². The number of halogens is 1. The van der Waals surface area contributed by atoms with E-state index in [1.54, 1.807) is 24.0 Å². The third kappa shape index (κ3) is 5.00. The lowest BCUT2D eigenvalue weighted by Crippen LogP contribution is -2.14. The number of nitro groups is 1. The van der Waals surface area contributed by atoms with Gasteiger partial charge in [0, 0.05) is 23.6 Å². The van der Waals surface area contributed by atoms with Gasteiger partial charge in [0.1, 0.15) is 11.9 Å².